The van der Waals surface area contributed by atoms with Gasteiger partial charge in [0.2, 0.25) is 0 Å². The van der Waals surface area contributed by atoms with Crippen LogP contribution < -0.4 is 5.32 Å². The first-order valence-electron chi connectivity index (χ1n) is 13.0. The summed E-state index contributed by atoms with van der Waals surface area (Å²) in [7, 11) is 0. The van der Waals surface area contributed by atoms with E-state index in [2.05, 4.69) is 5.32 Å². The van der Waals surface area contributed by atoms with Crippen LogP contribution in [0.2, 0.25) is 0 Å². The van der Waals surface area contributed by atoms with Crippen molar-refractivity contribution < 1.29 is 27.9 Å². The minimum Gasteiger partial charge on any atom is -0.481 e. The zero-order valence-electron chi connectivity index (χ0n) is 21.0. The lowest BCUT2D eigenvalue weighted by atomic mass is 9.50. The van der Waals surface area contributed by atoms with Crippen LogP contribution in [-0.2, 0) is 17.5 Å². The summed E-state index contributed by atoms with van der Waals surface area (Å²) in [4.78, 5) is 24.9. The number of carbonyl (C=O) groups excluding carboxylic acids is 1. The minimum absolute atomic E-state index is 0.0130. The Morgan fingerprint density at radius 3 is 2.26 bits per heavy atom. The highest BCUT2D eigenvalue weighted by molar-refractivity contribution is 6.08. The molecular formula is C31H27F3N2O3. The van der Waals surface area contributed by atoms with Crippen molar-refractivity contribution in [2.75, 3.05) is 0 Å². The summed E-state index contributed by atoms with van der Waals surface area (Å²) in [5.74, 6) is -1.24. The molecular weight excluding hydrogens is 505 g/mol. The molecule has 4 aromatic rings. The third-order valence-electron chi connectivity index (χ3n) is 8.25. The van der Waals surface area contributed by atoms with Crippen molar-refractivity contribution in [1.29, 1.82) is 0 Å². The first-order chi connectivity index (χ1) is 18.6. The van der Waals surface area contributed by atoms with Crippen LogP contribution in [-0.4, -0.2) is 27.6 Å². The SMILES string of the molecule is O=C(NC1CC2(C1)CC(C(=O)O)C2)c1cc(-c2ccccc2)cc2ccn(Cc3ccc(C(F)(F)F)cc3)c12. The molecule has 39 heavy (non-hydrogen) atoms. The van der Waals surface area contributed by atoms with Crippen molar-refractivity contribution in [3.8, 4) is 11.1 Å². The molecule has 0 aliphatic heterocycles. The number of aliphatic carboxylic acids is 1. The molecule has 0 bridgehead atoms. The van der Waals surface area contributed by atoms with E-state index in [4.69, 9.17) is 0 Å². The Labute approximate surface area is 223 Å². The molecule has 200 valence electrons. The Kier molecular flexibility index (Phi) is 6.01. The van der Waals surface area contributed by atoms with Crippen LogP contribution in [0.4, 0.5) is 13.2 Å². The van der Waals surface area contributed by atoms with Gasteiger partial charge in [0.15, 0.2) is 0 Å². The first kappa shape index (κ1) is 25.2. The highest BCUT2D eigenvalue weighted by Crippen LogP contribution is 2.58. The molecule has 0 unspecified atom stereocenters. The number of carboxylic acid groups (broad SMARTS) is 1. The molecule has 2 fully saturated rings. The first-order valence-corrected chi connectivity index (χ1v) is 13.0. The van der Waals surface area contributed by atoms with Gasteiger partial charge in [0.25, 0.3) is 5.91 Å². The van der Waals surface area contributed by atoms with Crippen molar-refractivity contribution in [3.05, 3.63) is 95.7 Å². The van der Waals surface area contributed by atoms with Gasteiger partial charge in [-0.15, -0.1) is 0 Å². The van der Waals surface area contributed by atoms with E-state index < -0.39 is 17.7 Å². The van der Waals surface area contributed by atoms with Crippen LogP contribution in [0.15, 0.2) is 79.0 Å². The molecule has 2 N–H and O–H groups in total. The number of fused-ring (bicyclic) bond motifs is 1. The van der Waals surface area contributed by atoms with E-state index in [1.165, 1.54) is 12.1 Å². The summed E-state index contributed by atoms with van der Waals surface area (Å²) in [6.45, 7) is 0.315. The smallest absolute Gasteiger partial charge is 0.416 e. The zero-order valence-corrected chi connectivity index (χ0v) is 21.0. The molecule has 2 saturated carbocycles. The Morgan fingerprint density at radius 1 is 0.923 bits per heavy atom. The third kappa shape index (κ3) is 4.80. The highest BCUT2D eigenvalue weighted by atomic mass is 19.4. The number of halogens is 3. The average molecular weight is 533 g/mol. The molecule has 1 amide bonds. The van der Waals surface area contributed by atoms with Crippen LogP contribution in [0.5, 0.6) is 0 Å². The second-order valence-electron chi connectivity index (χ2n) is 11.0. The molecule has 1 aromatic heterocycles. The second kappa shape index (κ2) is 9.29. The fourth-order valence-corrected chi connectivity index (χ4v) is 6.29. The molecule has 2 aliphatic carbocycles. The summed E-state index contributed by atoms with van der Waals surface area (Å²) < 4.78 is 40.9. The van der Waals surface area contributed by atoms with Gasteiger partial charge in [-0.3, -0.25) is 9.59 Å². The van der Waals surface area contributed by atoms with E-state index >= 15 is 0 Å². The van der Waals surface area contributed by atoms with E-state index in [0.29, 0.717) is 30.5 Å². The summed E-state index contributed by atoms with van der Waals surface area (Å²) in [5, 5.41) is 13.2. The predicted molar refractivity (Wildman–Crippen MR) is 141 cm³/mol. The maximum absolute atomic E-state index is 13.6. The van der Waals surface area contributed by atoms with Gasteiger partial charge < -0.3 is 15.0 Å². The largest absolute Gasteiger partial charge is 0.481 e. The maximum atomic E-state index is 13.6. The Morgan fingerprint density at radius 2 is 1.62 bits per heavy atom. The number of carbonyl (C=O) groups is 2. The molecule has 1 spiro atoms. The maximum Gasteiger partial charge on any atom is 0.416 e. The zero-order chi connectivity index (χ0) is 27.4. The van der Waals surface area contributed by atoms with Crippen LogP contribution in [0, 0.1) is 11.3 Å². The fourth-order valence-electron chi connectivity index (χ4n) is 6.29. The second-order valence-corrected chi connectivity index (χ2v) is 11.0. The summed E-state index contributed by atoms with van der Waals surface area (Å²) in [5.41, 5.74) is 3.12. The Balaban J connectivity index is 1.29. The third-order valence-corrected chi connectivity index (χ3v) is 8.25. The number of amides is 1. The molecule has 8 heteroatoms. The number of aromatic nitrogens is 1. The number of alkyl halides is 3. The summed E-state index contributed by atoms with van der Waals surface area (Å²) in [6, 6.07) is 20.6. The quantitative estimate of drug-likeness (QED) is 0.289. The number of carboxylic acids is 1. The van der Waals surface area contributed by atoms with Gasteiger partial charge in [-0.1, -0.05) is 42.5 Å². The molecule has 6 rings (SSSR count). The normalized spacial score (nSPS) is 22.3. The van der Waals surface area contributed by atoms with Gasteiger partial charge in [-0.25, -0.2) is 0 Å². The van der Waals surface area contributed by atoms with E-state index in [-0.39, 0.29) is 23.3 Å². The van der Waals surface area contributed by atoms with Gasteiger partial charge in [-0.05, 0) is 78.1 Å². The number of nitrogens with one attached hydrogen (secondary N) is 1. The molecule has 5 nitrogen and oxygen atoms in total. The number of hydrogen-bond acceptors (Lipinski definition) is 2. The molecule has 3 aromatic carbocycles. The number of nitrogens with zero attached hydrogens (tertiary/aromatic N) is 1. The molecule has 0 atom stereocenters. The Hall–Kier alpha value is -4.07. The molecule has 0 saturated heterocycles. The van der Waals surface area contributed by atoms with Crippen molar-refractivity contribution >= 4 is 22.8 Å². The molecule has 2 aliphatic rings. The number of benzene rings is 3. The minimum atomic E-state index is -4.40. The van der Waals surface area contributed by atoms with Gasteiger partial charge in [0.05, 0.1) is 22.6 Å². The van der Waals surface area contributed by atoms with Gasteiger partial charge >= 0.3 is 12.1 Å². The lowest BCUT2D eigenvalue weighted by Gasteiger charge is -2.56. The topological polar surface area (TPSA) is 71.3 Å². The number of hydrogen-bond donors (Lipinski definition) is 2. The van der Waals surface area contributed by atoms with E-state index in [9.17, 15) is 27.9 Å². The summed E-state index contributed by atoms with van der Waals surface area (Å²) >= 11 is 0. The summed E-state index contributed by atoms with van der Waals surface area (Å²) in [6.07, 6.45) is 0.336. The lowest BCUT2D eigenvalue weighted by Crippen LogP contribution is -2.57. The fraction of sp³-hybridized carbons (Fsp3) is 0.290. The Bertz CT molecular complexity index is 1540. The van der Waals surface area contributed by atoms with E-state index in [0.717, 1.165) is 47.0 Å². The van der Waals surface area contributed by atoms with Crippen molar-refractivity contribution in [2.45, 2.75) is 44.4 Å². The molecule has 1 heterocycles. The van der Waals surface area contributed by atoms with Crippen molar-refractivity contribution in [3.63, 3.8) is 0 Å². The van der Waals surface area contributed by atoms with Crippen molar-refractivity contribution in [2.24, 2.45) is 11.3 Å². The van der Waals surface area contributed by atoms with Crippen LogP contribution in [0.25, 0.3) is 22.0 Å². The van der Waals surface area contributed by atoms with Gasteiger partial charge in [-0.2, -0.15) is 13.2 Å². The van der Waals surface area contributed by atoms with Gasteiger partial charge in [0, 0.05) is 24.2 Å². The van der Waals surface area contributed by atoms with Crippen molar-refractivity contribution in [1.82, 2.24) is 9.88 Å². The van der Waals surface area contributed by atoms with Gasteiger partial charge in [0.1, 0.15) is 0 Å². The average Bonchev–Trinajstić information content (AvgIpc) is 3.26. The van der Waals surface area contributed by atoms with Crippen LogP contribution in [0.1, 0.15) is 47.2 Å². The van der Waals surface area contributed by atoms with Crippen LogP contribution in [0.3, 0.4) is 0 Å². The van der Waals surface area contributed by atoms with Crippen LogP contribution >= 0.6 is 0 Å². The highest BCUT2D eigenvalue weighted by Gasteiger charge is 2.55. The van der Waals surface area contributed by atoms with E-state index in [1.807, 2.05) is 59.3 Å². The standard InChI is InChI=1S/C31H27F3N2O3/c32-31(33,34)24-8-6-19(7-9-24)18-36-11-10-21-12-22(20-4-2-1-3-5-20)13-26(27(21)36)28(37)35-25-16-30(17-25)14-23(15-30)29(38)39/h1-13,23,25H,14-18H2,(H,35,37)(H,38,39). The number of rotatable bonds is 6. The molecule has 0 radical (unpaired) electrons. The van der Waals surface area contributed by atoms with E-state index in [1.54, 1.807) is 0 Å². The monoisotopic (exact) mass is 532 g/mol. The predicted octanol–water partition coefficient (Wildman–Crippen LogP) is 6.75. The lowest BCUT2D eigenvalue weighted by molar-refractivity contribution is -0.155.